The average Bonchev–Trinajstić information content (AvgIpc) is 2.64. The Balaban J connectivity index is 1.96. The highest BCUT2D eigenvalue weighted by atomic mass is 32.2. The molecule has 0 atom stereocenters. The first kappa shape index (κ1) is 18.4. The van der Waals surface area contributed by atoms with E-state index >= 15 is 0 Å². The van der Waals surface area contributed by atoms with Gasteiger partial charge in [0.15, 0.2) is 11.5 Å². The van der Waals surface area contributed by atoms with Crippen LogP contribution >= 0.6 is 11.8 Å². The lowest BCUT2D eigenvalue weighted by atomic mass is 10.1. The van der Waals surface area contributed by atoms with Crippen LogP contribution in [0.5, 0.6) is 11.5 Å². The first-order valence-electron chi connectivity index (χ1n) is 7.88. The molecular formula is C17H24N2O4S. The quantitative estimate of drug-likeness (QED) is 0.780. The van der Waals surface area contributed by atoms with E-state index in [0.29, 0.717) is 49.7 Å². The second kappa shape index (κ2) is 8.82. The maximum absolute atomic E-state index is 12.6. The van der Waals surface area contributed by atoms with E-state index in [-0.39, 0.29) is 11.8 Å². The van der Waals surface area contributed by atoms with Crippen LogP contribution in [-0.4, -0.2) is 74.0 Å². The lowest BCUT2D eigenvalue weighted by Crippen LogP contribution is -2.50. The van der Waals surface area contributed by atoms with Crippen molar-refractivity contribution in [1.29, 1.82) is 0 Å². The van der Waals surface area contributed by atoms with Crippen molar-refractivity contribution in [3.63, 3.8) is 0 Å². The number of ether oxygens (including phenoxy) is 2. The van der Waals surface area contributed by atoms with Gasteiger partial charge in [-0.2, -0.15) is 11.8 Å². The maximum Gasteiger partial charge on any atom is 0.254 e. The molecule has 1 aromatic carbocycles. The van der Waals surface area contributed by atoms with Gasteiger partial charge in [-0.1, -0.05) is 0 Å². The lowest BCUT2D eigenvalue weighted by Gasteiger charge is -2.35. The third-order valence-electron chi connectivity index (χ3n) is 4.07. The Morgan fingerprint density at radius 3 is 2.25 bits per heavy atom. The van der Waals surface area contributed by atoms with Crippen LogP contribution in [-0.2, 0) is 4.79 Å². The van der Waals surface area contributed by atoms with Gasteiger partial charge in [0.2, 0.25) is 5.91 Å². The van der Waals surface area contributed by atoms with Gasteiger partial charge in [-0.25, -0.2) is 0 Å². The SMILES string of the molecule is COc1ccc(C(=O)N2CCN(C(=O)CCSC)CC2)cc1OC. The number of hydrogen-bond acceptors (Lipinski definition) is 5. The van der Waals surface area contributed by atoms with Crippen LogP contribution in [0.1, 0.15) is 16.8 Å². The molecule has 0 spiro atoms. The summed E-state index contributed by atoms with van der Waals surface area (Å²) in [5.41, 5.74) is 0.565. The van der Waals surface area contributed by atoms with Crippen molar-refractivity contribution in [3.05, 3.63) is 23.8 Å². The van der Waals surface area contributed by atoms with Crippen LogP contribution in [0, 0.1) is 0 Å². The highest BCUT2D eigenvalue weighted by Gasteiger charge is 2.25. The summed E-state index contributed by atoms with van der Waals surface area (Å²) in [4.78, 5) is 28.3. The Kier molecular flexibility index (Phi) is 6.78. The molecule has 132 valence electrons. The van der Waals surface area contributed by atoms with Crippen LogP contribution in [0.2, 0.25) is 0 Å². The van der Waals surface area contributed by atoms with Crippen LogP contribution in [0.4, 0.5) is 0 Å². The Morgan fingerprint density at radius 1 is 1.04 bits per heavy atom. The molecule has 1 aliphatic rings. The molecule has 1 aliphatic heterocycles. The van der Waals surface area contributed by atoms with Crippen molar-refractivity contribution in [2.75, 3.05) is 52.4 Å². The molecule has 1 saturated heterocycles. The number of carbonyl (C=O) groups is 2. The molecule has 2 amide bonds. The van der Waals surface area contributed by atoms with E-state index in [2.05, 4.69) is 0 Å². The zero-order valence-corrected chi connectivity index (χ0v) is 15.2. The molecule has 1 fully saturated rings. The predicted molar refractivity (Wildman–Crippen MR) is 95.0 cm³/mol. The number of amides is 2. The molecule has 1 aromatic rings. The summed E-state index contributed by atoms with van der Waals surface area (Å²) in [6.45, 7) is 2.29. The first-order valence-corrected chi connectivity index (χ1v) is 9.28. The maximum atomic E-state index is 12.6. The van der Waals surface area contributed by atoms with Gasteiger partial charge in [0.25, 0.3) is 5.91 Å². The van der Waals surface area contributed by atoms with Gasteiger partial charge in [-0.15, -0.1) is 0 Å². The molecule has 0 saturated carbocycles. The molecule has 0 aromatic heterocycles. The summed E-state index contributed by atoms with van der Waals surface area (Å²) in [6.07, 6.45) is 2.55. The molecule has 0 aliphatic carbocycles. The van der Waals surface area contributed by atoms with Gasteiger partial charge >= 0.3 is 0 Å². The number of hydrogen-bond donors (Lipinski definition) is 0. The van der Waals surface area contributed by atoms with Gasteiger partial charge in [-0.05, 0) is 24.5 Å². The minimum absolute atomic E-state index is 0.0489. The minimum Gasteiger partial charge on any atom is -0.493 e. The molecular weight excluding hydrogens is 328 g/mol. The number of nitrogens with zero attached hydrogens (tertiary/aromatic N) is 2. The third-order valence-corrected chi connectivity index (χ3v) is 4.68. The van der Waals surface area contributed by atoms with E-state index in [4.69, 9.17) is 9.47 Å². The molecule has 1 heterocycles. The van der Waals surface area contributed by atoms with Crippen molar-refractivity contribution in [3.8, 4) is 11.5 Å². The summed E-state index contributed by atoms with van der Waals surface area (Å²) < 4.78 is 10.4. The van der Waals surface area contributed by atoms with Gasteiger partial charge in [0.1, 0.15) is 0 Å². The largest absolute Gasteiger partial charge is 0.493 e. The Labute approximate surface area is 147 Å². The van der Waals surface area contributed by atoms with E-state index in [9.17, 15) is 9.59 Å². The Hall–Kier alpha value is -1.89. The normalized spacial score (nSPS) is 14.5. The lowest BCUT2D eigenvalue weighted by molar-refractivity contribution is -0.132. The van der Waals surface area contributed by atoms with Crippen LogP contribution < -0.4 is 9.47 Å². The Bertz CT molecular complexity index is 586. The first-order chi connectivity index (χ1) is 11.6. The summed E-state index contributed by atoms with van der Waals surface area (Å²) in [6, 6.07) is 5.16. The van der Waals surface area contributed by atoms with Gasteiger partial charge in [-0.3, -0.25) is 9.59 Å². The summed E-state index contributed by atoms with van der Waals surface area (Å²) in [5.74, 6) is 2.09. The highest BCUT2D eigenvalue weighted by molar-refractivity contribution is 7.98. The van der Waals surface area contributed by atoms with Gasteiger partial charge < -0.3 is 19.3 Å². The predicted octanol–water partition coefficient (Wildman–Crippen LogP) is 1.74. The summed E-state index contributed by atoms with van der Waals surface area (Å²) in [7, 11) is 3.11. The number of piperazine rings is 1. The second-order valence-electron chi connectivity index (χ2n) is 5.49. The topological polar surface area (TPSA) is 59.1 Å². The fourth-order valence-corrected chi connectivity index (χ4v) is 3.04. The average molecular weight is 352 g/mol. The molecule has 7 heteroatoms. The second-order valence-corrected chi connectivity index (χ2v) is 6.47. The minimum atomic E-state index is -0.0489. The number of benzene rings is 1. The smallest absolute Gasteiger partial charge is 0.254 e. The van der Waals surface area contributed by atoms with Crippen molar-refractivity contribution >= 4 is 23.6 Å². The molecule has 0 bridgehead atoms. The third kappa shape index (κ3) is 4.35. The monoisotopic (exact) mass is 352 g/mol. The summed E-state index contributed by atoms with van der Waals surface area (Å²) in [5, 5.41) is 0. The molecule has 6 nitrogen and oxygen atoms in total. The van der Waals surface area contributed by atoms with Gasteiger partial charge in [0, 0.05) is 43.9 Å². The van der Waals surface area contributed by atoms with E-state index in [1.165, 1.54) is 0 Å². The van der Waals surface area contributed by atoms with Crippen molar-refractivity contribution < 1.29 is 19.1 Å². The summed E-state index contributed by atoms with van der Waals surface area (Å²) >= 11 is 1.67. The van der Waals surface area contributed by atoms with Crippen molar-refractivity contribution in [2.45, 2.75) is 6.42 Å². The van der Waals surface area contributed by atoms with Crippen molar-refractivity contribution in [1.82, 2.24) is 9.80 Å². The molecule has 0 N–H and O–H groups in total. The fourth-order valence-electron chi connectivity index (χ4n) is 2.66. The fraction of sp³-hybridized carbons (Fsp3) is 0.529. The Morgan fingerprint density at radius 2 is 1.67 bits per heavy atom. The molecule has 24 heavy (non-hydrogen) atoms. The van der Waals surface area contributed by atoms with Crippen molar-refractivity contribution in [2.24, 2.45) is 0 Å². The van der Waals surface area contributed by atoms with E-state index < -0.39 is 0 Å². The molecule has 0 radical (unpaired) electrons. The number of carbonyl (C=O) groups excluding carboxylic acids is 2. The van der Waals surface area contributed by atoms with Gasteiger partial charge in [0.05, 0.1) is 14.2 Å². The van der Waals surface area contributed by atoms with E-state index in [0.717, 1.165) is 5.75 Å². The van der Waals surface area contributed by atoms with E-state index in [1.54, 1.807) is 49.1 Å². The van der Waals surface area contributed by atoms with Crippen LogP contribution in [0.25, 0.3) is 0 Å². The highest BCUT2D eigenvalue weighted by Crippen LogP contribution is 2.28. The van der Waals surface area contributed by atoms with Crippen LogP contribution in [0.3, 0.4) is 0 Å². The number of methoxy groups -OCH3 is 2. The van der Waals surface area contributed by atoms with E-state index in [1.807, 2.05) is 11.2 Å². The number of rotatable bonds is 6. The van der Waals surface area contributed by atoms with Crippen LogP contribution in [0.15, 0.2) is 18.2 Å². The zero-order chi connectivity index (χ0) is 17.5. The number of thioether (sulfide) groups is 1. The molecule has 0 unspecified atom stereocenters. The zero-order valence-electron chi connectivity index (χ0n) is 14.4. The molecule has 2 rings (SSSR count). The standard InChI is InChI=1S/C17H24N2O4S/c1-22-14-5-4-13(12-15(14)23-2)17(21)19-9-7-18(8-10-19)16(20)6-11-24-3/h4-5,12H,6-11H2,1-3H3.